The zero-order valence-corrected chi connectivity index (χ0v) is 6.84. The zero-order valence-electron chi connectivity index (χ0n) is 6.84. The van der Waals surface area contributed by atoms with Crippen LogP contribution < -0.4 is 5.32 Å². The largest absolute Gasteiger partial charge is 0.392 e. The number of amides is 1. The quantitative estimate of drug-likeness (QED) is 0.618. The molecule has 0 aromatic carbocycles. The van der Waals surface area contributed by atoms with Crippen LogP contribution in [0, 0.1) is 5.92 Å². The molecule has 0 heterocycles. The number of hydrogen-bond acceptors (Lipinski definition) is 2. The molecule has 0 unspecified atom stereocenters. The van der Waals surface area contributed by atoms with Gasteiger partial charge in [0.1, 0.15) is 0 Å². The lowest BCUT2D eigenvalue weighted by Gasteiger charge is -2.24. The lowest BCUT2D eigenvalue weighted by Crippen LogP contribution is -2.37. The molecule has 1 aliphatic rings. The second-order valence-electron chi connectivity index (χ2n) is 3.22. The molecule has 2 N–H and O–H groups in total. The van der Waals surface area contributed by atoms with Crippen LogP contribution in [0.2, 0.25) is 0 Å². The van der Waals surface area contributed by atoms with E-state index < -0.39 is 6.10 Å². The Bertz CT molecular complexity index is 141. The van der Waals surface area contributed by atoms with Gasteiger partial charge < -0.3 is 10.4 Å². The first-order valence-electron chi connectivity index (χ1n) is 4.16. The molecule has 1 rings (SSSR count). The van der Waals surface area contributed by atoms with E-state index >= 15 is 0 Å². The highest BCUT2D eigenvalue weighted by Gasteiger charge is 2.24. The first-order valence-corrected chi connectivity index (χ1v) is 4.16. The molecule has 3 heteroatoms. The molecule has 0 aliphatic heterocycles. The summed E-state index contributed by atoms with van der Waals surface area (Å²) in [6.07, 6.45) is 2.78. The summed E-state index contributed by atoms with van der Waals surface area (Å²) in [5.74, 6) is 0.339. The summed E-state index contributed by atoms with van der Waals surface area (Å²) in [6, 6.07) is 0. The van der Waals surface area contributed by atoms with Gasteiger partial charge in [0.25, 0.3) is 0 Å². The molecule has 0 saturated heterocycles. The highest BCUT2D eigenvalue weighted by atomic mass is 16.3. The fourth-order valence-electron chi connectivity index (χ4n) is 1.06. The molecule has 1 amide bonds. The summed E-state index contributed by atoms with van der Waals surface area (Å²) in [7, 11) is 0. The fourth-order valence-corrected chi connectivity index (χ4v) is 1.06. The summed E-state index contributed by atoms with van der Waals surface area (Å²) < 4.78 is 0. The van der Waals surface area contributed by atoms with E-state index in [9.17, 15) is 4.79 Å². The van der Waals surface area contributed by atoms with Gasteiger partial charge in [0.2, 0.25) is 5.91 Å². The number of aliphatic hydroxyl groups is 1. The topological polar surface area (TPSA) is 49.3 Å². The standard InChI is InChI=1S/C8H15NO2/c1-6(10)5-9-8(11)7-3-2-4-7/h6-7,10H,2-5H2,1H3,(H,9,11)/t6-/m1/s1. The third-order valence-corrected chi connectivity index (χ3v) is 2.05. The minimum atomic E-state index is -0.431. The van der Waals surface area contributed by atoms with Crippen LogP contribution in [0.5, 0.6) is 0 Å². The summed E-state index contributed by atoms with van der Waals surface area (Å²) in [5.41, 5.74) is 0. The van der Waals surface area contributed by atoms with Gasteiger partial charge in [-0.1, -0.05) is 6.42 Å². The maximum Gasteiger partial charge on any atom is 0.223 e. The smallest absolute Gasteiger partial charge is 0.223 e. The third kappa shape index (κ3) is 2.50. The third-order valence-electron chi connectivity index (χ3n) is 2.05. The van der Waals surface area contributed by atoms with Gasteiger partial charge in [-0.05, 0) is 19.8 Å². The molecular weight excluding hydrogens is 142 g/mol. The van der Waals surface area contributed by atoms with Crippen LogP contribution >= 0.6 is 0 Å². The van der Waals surface area contributed by atoms with Crippen molar-refractivity contribution < 1.29 is 9.90 Å². The first kappa shape index (κ1) is 8.53. The fraction of sp³-hybridized carbons (Fsp3) is 0.875. The number of rotatable bonds is 3. The Hall–Kier alpha value is -0.570. The van der Waals surface area contributed by atoms with E-state index in [0.717, 1.165) is 12.8 Å². The molecule has 3 nitrogen and oxygen atoms in total. The summed E-state index contributed by atoms with van der Waals surface area (Å²) in [4.78, 5) is 11.1. The molecule has 11 heavy (non-hydrogen) atoms. The van der Waals surface area contributed by atoms with Crippen LogP contribution in [0.4, 0.5) is 0 Å². The van der Waals surface area contributed by atoms with Crippen LogP contribution in [-0.4, -0.2) is 23.7 Å². The average molecular weight is 157 g/mol. The predicted octanol–water partition coefficient (Wildman–Crippen LogP) is 0.283. The summed E-state index contributed by atoms with van der Waals surface area (Å²) in [5, 5.41) is 11.6. The summed E-state index contributed by atoms with van der Waals surface area (Å²) >= 11 is 0. The average Bonchev–Trinajstić information content (AvgIpc) is 1.79. The Morgan fingerprint density at radius 2 is 2.36 bits per heavy atom. The predicted molar refractivity (Wildman–Crippen MR) is 42.0 cm³/mol. The van der Waals surface area contributed by atoms with Crippen LogP contribution in [0.25, 0.3) is 0 Å². The van der Waals surface area contributed by atoms with Gasteiger partial charge in [-0.3, -0.25) is 4.79 Å². The van der Waals surface area contributed by atoms with E-state index in [1.165, 1.54) is 6.42 Å². The number of nitrogens with one attached hydrogen (secondary N) is 1. The number of carbonyl (C=O) groups is 1. The molecule has 1 atom stereocenters. The molecular formula is C8H15NO2. The van der Waals surface area contributed by atoms with Crippen LogP contribution in [-0.2, 0) is 4.79 Å². The molecule has 0 aromatic rings. The van der Waals surface area contributed by atoms with E-state index in [1.807, 2.05) is 0 Å². The molecule has 64 valence electrons. The molecule has 0 bridgehead atoms. The lowest BCUT2D eigenvalue weighted by molar-refractivity contribution is -0.127. The van der Waals surface area contributed by atoms with Crippen LogP contribution in [0.3, 0.4) is 0 Å². The zero-order chi connectivity index (χ0) is 8.27. The number of hydrogen-bond donors (Lipinski definition) is 2. The number of aliphatic hydroxyl groups excluding tert-OH is 1. The van der Waals surface area contributed by atoms with Crippen molar-refractivity contribution in [3.63, 3.8) is 0 Å². The van der Waals surface area contributed by atoms with Crippen molar-refractivity contribution in [1.82, 2.24) is 5.32 Å². The molecule has 0 spiro atoms. The highest BCUT2D eigenvalue weighted by Crippen LogP contribution is 2.25. The Balaban J connectivity index is 2.10. The van der Waals surface area contributed by atoms with Gasteiger partial charge >= 0.3 is 0 Å². The Labute approximate surface area is 66.8 Å². The van der Waals surface area contributed by atoms with E-state index in [1.54, 1.807) is 6.92 Å². The van der Waals surface area contributed by atoms with Crippen molar-refractivity contribution >= 4 is 5.91 Å². The normalized spacial score (nSPS) is 20.5. The van der Waals surface area contributed by atoms with E-state index in [0.29, 0.717) is 6.54 Å². The van der Waals surface area contributed by atoms with Crippen LogP contribution in [0.15, 0.2) is 0 Å². The monoisotopic (exact) mass is 157 g/mol. The molecule has 0 aromatic heterocycles. The van der Waals surface area contributed by atoms with Crippen molar-refractivity contribution in [2.24, 2.45) is 5.92 Å². The van der Waals surface area contributed by atoms with E-state index in [2.05, 4.69) is 5.32 Å². The molecule has 1 fully saturated rings. The van der Waals surface area contributed by atoms with Crippen molar-refractivity contribution in [2.75, 3.05) is 6.54 Å². The van der Waals surface area contributed by atoms with Gasteiger partial charge in [-0.15, -0.1) is 0 Å². The minimum absolute atomic E-state index is 0.108. The van der Waals surface area contributed by atoms with Gasteiger partial charge in [0.05, 0.1) is 6.10 Å². The Morgan fingerprint density at radius 1 is 1.73 bits per heavy atom. The van der Waals surface area contributed by atoms with Crippen LogP contribution in [0.1, 0.15) is 26.2 Å². The second kappa shape index (κ2) is 3.72. The SMILES string of the molecule is C[C@@H](O)CNC(=O)C1CCC1. The molecule has 1 aliphatic carbocycles. The number of carbonyl (C=O) groups excluding carboxylic acids is 1. The van der Waals surface area contributed by atoms with E-state index in [4.69, 9.17) is 5.11 Å². The Morgan fingerprint density at radius 3 is 2.73 bits per heavy atom. The van der Waals surface area contributed by atoms with Crippen molar-refractivity contribution in [3.05, 3.63) is 0 Å². The van der Waals surface area contributed by atoms with Gasteiger partial charge in [-0.2, -0.15) is 0 Å². The maximum absolute atomic E-state index is 11.1. The highest BCUT2D eigenvalue weighted by molar-refractivity contribution is 5.79. The summed E-state index contributed by atoms with van der Waals surface area (Å²) in [6.45, 7) is 2.05. The lowest BCUT2D eigenvalue weighted by atomic mass is 9.85. The Kier molecular flexibility index (Phi) is 2.88. The van der Waals surface area contributed by atoms with Gasteiger partial charge in [0.15, 0.2) is 0 Å². The van der Waals surface area contributed by atoms with Gasteiger partial charge in [0, 0.05) is 12.5 Å². The molecule has 1 saturated carbocycles. The van der Waals surface area contributed by atoms with Crippen molar-refractivity contribution in [2.45, 2.75) is 32.3 Å². The first-order chi connectivity index (χ1) is 5.20. The van der Waals surface area contributed by atoms with Crippen molar-refractivity contribution in [3.8, 4) is 0 Å². The molecule has 0 radical (unpaired) electrons. The van der Waals surface area contributed by atoms with Crippen molar-refractivity contribution in [1.29, 1.82) is 0 Å². The van der Waals surface area contributed by atoms with Gasteiger partial charge in [-0.25, -0.2) is 0 Å². The maximum atomic E-state index is 11.1. The van der Waals surface area contributed by atoms with E-state index in [-0.39, 0.29) is 11.8 Å². The minimum Gasteiger partial charge on any atom is -0.392 e. The second-order valence-corrected chi connectivity index (χ2v) is 3.22.